The standard InChI is InChI=1S/C17H22BrNO2/c1-17(2,3)19-10-14-8-9-21-16(14)12-20-11-13-4-6-15(18)7-5-13/h4-9,19H,10-12H2,1-3H3. The summed E-state index contributed by atoms with van der Waals surface area (Å²) in [6.45, 7) is 8.31. The highest BCUT2D eigenvalue weighted by Crippen LogP contribution is 2.15. The lowest BCUT2D eigenvalue weighted by atomic mass is 10.1. The fourth-order valence-corrected chi connectivity index (χ4v) is 2.12. The third kappa shape index (κ3) is 5.65. The van der Waals surface area contributed by atoms with Crippen LogP contribution in [-0.4, -0.2) is 5.54 Å². The maximum atomic E-state index is 5.74. The highest BCUT2D eigenvalue weighted by molar-refractivity contribution is 9.10. The molecule has 0 aliphatic heterocycles. The molecular formula is C17H22BrNO2. The number of rotatable bonds is 6. The van der Waals surface area contributed by atoms with Gasteiger partial charge in [0.15, 0.2) is 0 Å². The number of hydrogen-bond donors (Lipinski definition) is 1. The van der Waals surface area contributed by atoms with E-state index in [9.17, 15) is 0 Å². The summed E-state index contributed by atoms with van der Waals surface area (Å²) in [6.07, 6.45) is 1.72. The second kappa shape index (κ2) is 7.25. The zero-order chi connectivity index (χ0) is 15.3. The SMILES string of the molecule is CC(C)(C)NCc1ccoc1COCc1ccc(Br)cc1. The largest absolute Gasteiger partial charge is 0.467 e. The zero-order valence-corrected chi connectivity index (χ0v) is 14.4. The van der Waals surface area contributed by atoms with Crippen LogP contribution in [0.15, 0.2) is 45.5 Å². The fourth-order valence-electron chi connectivity index (χ4n) is 1.85. The summed E-state index contributed by atoms with van der Waals surface area (Å²) in [5.74, 6) is 0.892. The van der Waals surface area contributed by atoms with Crippen molar-refractivity contribution in [1.29, 1.82) is 0 Å². The summed E-state index contributed by atoms with van der Waals surface area (Å²) in [4.78, 5) is 0. The molecule has 0 unspecified atom stereocenters. The molecule has 2 aromatic rings. The van der Waals surface area contributed by atoms with E-state index in [4.69, 9.17) is 9.15 Å². The number of halogens is 1. The minimum absolute atomic E-state index is 0.0901. The topological polar surface area (TPSA) is 34.4 Å². The van der Waals surface area contributed by atoms with E-state index in [1.54, 1.807) is 6.26 Å². The molecule has 0 amide bonds. The van der Waals surface area contributed by atoms with Crippen molar-refractivity contribution < 1.29 is 9.15 Å². The number of furan rings is 1. The maximum Gasteiger partial charge on any atom is 0.133 e. The van der Waals surface area contributed by atoms with E-state index in [0.717, 1.165) is 27.9 Å². The molecular weight excluding hydrogens is 330 g/mol. The monoisotopic (exact) mass is 351 g/mol. The van der Waals surface area contributed by atoms with Crippen LogP contribution in [0.2, 0.25) is 0 Å². The summed E-state index contributed by atoms with van der Waals surface area (Å²) in [7, 11) is 0. The van der Waals surface area contributed by atoms with E-state index >= 15 is 0 Å². The molecule has 0 atom stereocenters. The Morgan fingerprint density at radius 1 is 1.10 bits per heavy atom. The Hall–Kier alpha value is -1.10. The Bertz CT molecular complexity index is 555. The molecule has 0 spiro atoms. The fraction of sp³-hybridized carbons (Fsp3) is 0.412. The van der Waals surface area contributed by atoms with Crippen LogP contribution in [0.5, 0.6) is 0 Å². The molecule has 0 bridgehead atoms. The number of benzene rings is 1. The van der Waals surface area contributed by atoms with Crippen LogP contribution in [0.25, 0.3) is 0 Å². The van der Waals surface area contributed by atoms with Gasteiger partial charge in [-0.3, -0.25) is 0 Å². The summed E-state index contributed by atoms with van der Waals surface area (Å²) in [6, 6.07) is 10.1. The average molecular weight is 352 g/mol. The van der Waals surface area contributed by atoms with Crippen molar-refractivity contribution in [2.24, 2.45) is 0 Å². The number of hydrogen-bond acceptors (Lipinski definition) is 3. The van der Waals surface area contributed by atoms with Crippen LogP contribution in [0.4, 0.5) is 0 Å². The van der Waals surface area contributed by atoms with Gasteiger partial charge < -0.3 is 14.5 Å². The Balaban J connectivity index is 1.83. The first kappa shape index (κ1) is 16.3. The Kier molecular flexibility index (Phi) is 5.62. The molecule has 0 aliphatic rings. The van der Waals surface area contributed by atoms with Crippen LogP contribution in [0.3, 0.4) is 0 Å². The quantitative estimate of drug-likeness (QED) is 0.822. The van der Waals surface area contributed by atoms with E-state index in [1.807, 2.05) is 30.3 Å². The number of ether oxygens (including phenoxy) is 1. The van der Waals surface area contributed by atoms with Crippen molar-refractivity contribution in [3.63, 3.8) is 0 Å². The molecule has 1 N–H and O–H groups in total. The summed E-state index contributed by atoms with van der Waals surface area (Å²) in [5.41, 5.74) is 2.40. The second-order valence-corrected chi connectivity index (χ2v) is 7.01. The van der Waals surface area contributed by atoms with Crippen LogP contribution in [-0.2, 0) is 24.5 Å². The third-order valence-corrected chi connectivity index (χ3v) is 3.59. The molecule has 0 saturated heterocycles. The second-order valence-electron chi connectivity index (χ2n) is 6.09. The maximum absolute atomic E-state index is 5.74. The van der Waals surface area contributed by atoms with Crippen molar-refractivity contribution in [3.8, 4) is 0 Å². The van der Waals surface area contributed by atoms with Gasteiger partial charge in [-0.15, -0.1) is 0 Å². The Morgan fingerprint density at radius 3 is 2.48 bits per heavy atom. The van der Waals surface area contributed by atoms with E-state index in [-0.39, 0.29) is 5.54 Å². The molecule has 0 aliphatic carbocycles. The van der Waals surface area contributed by atoms with Crippen LogP contribution < -0.4 is 5.32 Å². The molecule has 114 valence electrons. The van der Waals surface area contributed by atoms with Gasteiger partial charge in [0.1, 0.15) is 12.4 Å². The highest BCUT2D eigenvalue weighted by atomic mass is 79.9. The molecule has 21 heavy (non-hydrogen) atoms. The van der Waals surface area contributed by atoms with Gasteiger partial charge in [0.2, 0.25) is 0 Å². The molecule has 0 fully saturated rings. The van der Waals surface area contributed by atoms with Crippen molar-refractivity contribution in [2.75, 3.05) is 0 Å². The minimum atomic E-state index is 0.0901. The minimum Gasteiger partial charge on any atom is -0.467 e. The average Bonchev–Trinajstić information content (AvgIpc) is 2.86. The molecule has 3 nitrogen and oxygen atoms in total. The van der Waals surface area contributed by atoms with Gasteiger partial charge in [-0.1, -0.05) is 28.1 Å². The van der Waals surface area contributed by atoms with Gasteiger partial charge >= 0.3 is 0 Å². The lowest BCUT2D eigenvalue weighted by Gasteiger charge is -2.20. The van der Waals surface area contributed by atoms with Crippen LogP contribution in [0, 0.1) is 0 Å². The van der Waals surface area contributed by atoms with Crippen molar-refractivity contribution in [3.05, 3.63) is 58.0 Å². The Morgan fingerprint density at radius 2 is 1.81 bits per heavy atom. The van der Waals surface area contributed by atoms with Crippen molar-refractivity contribution in [1.82, 2.24) is 5.32 Å². The van der Waals surface area contributed by atoms with Crippen molar-refractivity contribution in [2.45, 2.75) is 46.1 Å². The number of nitrogens with one attached hydrogen (secondary N) is 1. The predicted molar refractivity (Wildman–Crippen MR) is 87.9 cm³/mol. The highest BCUT2D eigenvalue weighted by Gasteiger charge is 2.12. The summed E-state index contributed by atoms with van der Waals surface area (Å²) in [5, 5.41) is 3.46. The third-order valence-electron chi connectivity index (χ3n) is 3.06. The summed E-state index contributed by atoms with van der Waals surface area (Å²) >= 11 is 3.43. The van der Waals surface area contributed by atoms with Gasteiger partial charge in [0, 0.05) is 22.1 Å². The first-order valence-corrected chi connectivity index (χ1v) is 7.86. The predicted octanol–water partition coefficient (Wildman–Crippen LogP) is 4.65. The van der Waals surface area contributed by atoms with Gasteiger partial charge in [0.05, 0.1) is 12.9 Å². The smallest absolute Gasteiger partial charge is 0.133 e. The van der Waals surface area contributed by atoms with Crippen LogP contribution >= 0.6 is 15.9 Å². The molecule has 0 radical (unpaired) electrons. The molecule has 1 heterocycles. The first-order valence-electron chi connectivity index (χ1n) is 7.06. The first-order chi connectivity index (χ1) is 9.94. The Labute approximate surface area is 134 Å². The van der Waals surface area contributed by atoms with Gasteiger partial charge in [-0.05, 0) is 44.5 Å². The molecule has 2 rings (SSSR count). The van der Waals surface area contributed by atoms with E-state index < -0.39 is 0 Å². The van der Waals surface area contributed by atoms with Gasteiger partial charge in [-0.2, -0.15) is 0 Å². The lowest BCUT2D eigenvalue weighted by molar-refractivity contribution is 0.0920. The van der Waals surface area contributed by atoms with Gasteiger partial charge in [0.25, 0.3) is 0 Å². The van der Waals surface area contributed by atoms with E-state index in [2.05, 4.69) is 42.0 Å². The summed E-state index contributed by atoms with van der Waals surface area (Å²) < 4.78 is 12.3. The zero-order valence-electron chi connectivity index (χ0n) is 12.8. The van der Waals surface area contributed by atoms with Gasteiger partial charge in [-0.25, -0.2) is 0 Å². The molecule has 1 aromatic heterocycles. The molecule has 1 aromatic carbocycles. The normalized spacial score (nSPS) is 11.8. The lowest BCUT2D eigenvalue weighted by Crippen LogP contribution is -2.35. The van der Waals surface area contributed by atoms with E-state index in [1.165, 1.54) is 0 Å². The molecule has 4 heteroatoms. The van der Waals surface area contributed by atoms with Crippen LogP contribution in [0.1, 0.15) is 37.7 Å². The molecule has 0 saturated carbocycles. The van der Waals surface area contributed by atoms with Crippen molar-refractivity contribution >= 4 is 15.9 Å². The van der Waals surface area contributed by atoms with E-state index in [0.29, 0.717) is 13.2 Å².